The van der Waals surface area contributed by atoms with Gasteiger partial charge >= 0.3 is 12.4 Å². The molecule has 8 heteroatoms. The van der Waals surface area contributed by atoms with E-state index in [0.29, 0.717) is 44.4 Å². The van der Waals surface area contributed by atoms with Crippen LogP contribution in [0.25, 0.3) is 0 Å². The summed E-state index contributed by atoms with van der Waals surface area (Å²) < 4.78 is 83.5. The summed E-state index contributed by atoms with van der Waals surface area (Å²) in [5.41, 5.74) is -4.42. The van der Waals surface area contributed by atoms with Gasteiger partial charge < -0.3 is 0 Å². The van der Waals surface area contributed by atoms with Crippen molar-refractivity contribution in [1.29, 1.82) is 5.26 Å². The first-order valence-electron chi connectivity index (χ1n) is 11.4. The van der Waals surface area contributed by atoms with Gasteiger partial charge in [0, 0.05) is 12.6 Å². The zero-order chi connectivity index (χ0) is 25.1. The Labute approximate surface area is 196 Å². The minimum absolute atomic E-state index is 0.0675. The molecule has 0 aliphatic heterocycles. The molecule has 2 atom stereocenters. The Hall–Kier alpha value is -2.53. The summed E-state index contributed by atoms with van der Waals surface area (Å²) in [5.74, 6) is -0.529. The van der Waals surface area contributed by atoms with Crippen molar-refractivity contribution in [3.05, 3.63) is 70.8 Å². The van der Waals surface area contributed by atoms with E-state index in [1.165, 1.54) is 0 Å². The maximum absolute atomic E-state index is 13.9. The topological polar surface area (TPSA) is 27.0 Å². The molecular weight excluding hydrogens is 454 g/mol. The maximum Gasteiger partial charge on any atom is 0.416 e. The molecule has 1 saturated carbocycles. The van der Waals surface area contributed by atoms with E-state index < -0.39 is 40.4 Å². The zero-order valence-electron chi connectivity index (χ0n) is 19.2. The van der Waals surface area contributed by atoms with Crippen LogP contribution in [0.5, 0.6) is 0 Å². The number of rotatable bonds is 9. The molecule has 0 N–H and O–H groups in total. The predicted molar refractivity (Wildman–Crippen MR) is 118 cm³/mol. The average Bonchev–Trinajstić information content (AvgIpc) is 3.62. The zero-order valence-corrected chi connectivity index (χ0v) is 19.2. The van der Waals surface area contributed by atoms with Gasteiger partial charge in [0.1, 0.15) is 0 Å². The first kappa shape index (κ1) is 26.1. The highest BCUT2D eigenvalue weighted by molar-refractivity contribution is 5.49. The van der Waals surface area contributed by atoms with E-state index in [4.69, 9.17) is 0 Å². The third kappa shape index (κ3) is 5.57. The molecule has 0 aromatic heterocycles. The van der Waals surface area contributed by atoms with Crippen LogP contribution in [0.15, 0.2) is 48.5 Å². The molecule has 0 heterocycles. The van der Waals surface area contributed by atoms with Crippen LogP contribution in [0, 0.1) is 17.2 Å². The number of nitriles is 1. The maximum atomic E-state index is 13.9. The number of hydrogen-bond donors (Lipinski definition) is 0. The second-order valence-electron chi connectivity index (χ2n) is 9.08. The van der Waals surface area contributed by atoms with Crippen LogP contribution >= 0.6 is 0 Å². The molecule has 0 bridgehead atoms. The van der Waals surface area contributed by atoms with Gasteiger partial charge in [0.05, 0.1) is 22.6 Å². The minimum atomic E-state index is -5.00. The van der Waals surface area contributed by atoms with Crippen molar-refractivity contribution >= 4 is 0 Å². The lowest BCUT2D eigenvalue weighted by Crippen LogP contribution is -2.37. The van der Waals surface area contributed by atoms with Gasteiger partial charge in [-0.2, -0.15) is 31.6 Å². The van der Waals surface area contributed by atoms with Crippen LogP contribution in [0.1, 0.15) is 61.3 Å². The lowest BCUT2D eigenvalue weighted by molar-refractivity contribution is -0.145. The number of nitrogens with zero attached hydrogens (tertiary/aromatic N) is 2. The smallest absolute Gasteiger partial charge is 0.299 e. The molecule has 2 aromatic carbocycles. The first-order valence-corrected chi connectivity index (χ1v) is 11.4. The largest absolute Gasteiger partial charge is 0.416 e. The predicted octanol–water partition coefficient (Wildman–Crippen LogP) is 7.59. The number of hydrogen-bond acceptors (Lipinski definition) is 2. The van der Waals surface area contributed by atoms with Crippen LogP contribution in [0.3, 0.4) is 0 Å². The molecule has 184 valence electrons. The van der Waals surface area contributed by atoms with Crippen molar-refractivity contribution in [3.8, 4) is 6.07 Å². The average molecular weight is 483 g/mol. The molecule has 0 amide bonds. The third-order valence-electron chi connectivity index (χ3n) is 6.84. The summed E-state index contributed by atoms with van der Waals surface area (Å²) in [7, 11) is 1.89. The molecule has 1 fully saturated rings. The standard InChI is InChI=1S/C26H28F6N2/c1-3-20(34(2)16-18-8-5-4-6-9-18)14-15-24(17-33,19-12-13-19)23-21(25(27,28)29)10-7-11-22(23)26(30,31)32/h4-11,19-20H,3,12-16H2,1-2H3. The summed E-state index contributed by atoms with van der Waals surface area (Å²) in [4.78, 5) is 2.05. The molecule has 2 nitrogen and oxygen atoms in total. The fraction of sp³-hybridized carbons (Fsp3) is 0.500. The minimum Gasteiger partial charge on any atom is -0.299 e. The van der Waals surface area contributed by atoms with Gasteiger partial charge in [-0.05, 0) is 68.3 Å². The van der Waals surface area contributed by atoms with E-state index in [1.54, 1.807) is 0 Å². The summed E-state index contributed by atoms with van der Waals surface area (Å²) in [6, 6.07) is 13.6. The second-order valence-corrected chi connectivity index (χ2v) is 9.08. The molecule has 0 radical (unpaired) electrons. The van der Waals surface area contributed by atoms with Gasteiger partial charge in [-0.15, -0.1) is 0 Å². The van der Waals surface area contributed by atoms with Gasteiger partial charge in [0.2, 0.25) is 0 Å². The third-order valence-corrected chi connectivity index (χ3v) is 6.84. The van der Waals surface area contributed by atoms with Gasteiger partial charge in [0.15, 0.2) is 0 Å². The fourth-order valence-corrected chi connectivity index (χ4v) is 4.95. The second kappa shape index (κ2) is 9.99. The Morgan fingerprint density at radius 1 is 0.941 bits per heavy atom. The van der Waals surface area contributed by atoms with Crippen molar-refractivity contribution in [1.82, 2.24) is 4.90 Å². The Kier molecular flexibility index (Phi) is 7.66. The van der Waals surface area contributed by atoms with Gasteiger partial charge in [0.25, 0.3) is 0 Å². The highest BCUT2D eigenvalue weighted by Crippen LogP contribution is 2.55. The van der Waals surface area contributed by atoms with E-state index in [1.807, 2.05) is 55.3 Å². The number of benzene rings is 2. The Balaban J connectivity index is 2.00. The SMILES string of the molecule is CCC(CCC(C#N)(c1c(C(F)(F)F)cccc1C(F)(F)F)C1CC1)N(C)Cc1ccccc1. The lowest BCUT2D eigenvalue weighted by atomic mass is 9.69. The molecule has 1 aliphatic rings. The van der Waals surface area contributed by atoms with E-state index in [0.717, 1.165) is 11.6 Å². The van der Waals surface area contributed by atoms with Crippen molar-refractivity contribution in [3.63, 3.8) is 0 Å². The molecule has 34 heavy (non-hydrogen) atoms. The molecule has 1 aliphatic carbocycles. The molecule has 0 saturated heterocycles. The van der Waals surface area contributed by atoms with Crippen LogP contribution in [0.2, 0.25) is 0 Å². The molecule has 2 aromatic rings. The van der Waals surface area contributed by atoms with Crippen molar-refractivity contribution in [2.24, 2.45) is 5.92 Å². The summed E-state index contributed by atoms with van der Waals surface area (Å²) >= 11 is 0. The van der Waals surface area contributed by atoms with Crippen molar-refractivity contribution in [2.75, 3.05) is 7.05 Å². The summed E-state index contributed by atoms with van der Waals surface area (Å²) in [6.07, 6.45) is -8.22. The number of alkyl halides is 6. The molecular formula is C26H28F6N2. The highest BCUT2D eigenvalue weighted by Gasteiger charge is 2.54. The van der Waals surface area contributed by atoms with E-state index >= 15 is 0 Å². The van der Waals surface area contributed by atoms with Crippen molar-refractivity contribution in [2.45, 2.75) is 69.4 Å². The first-order chi connectivity index (χ1) is 15.9. The quantitative estimate of drug-likeness (QED) is 0.344. The normalized spacial score (nSPS) is 17.3. The lowest BCUT2D eigenvalue weighted by Gasteiger charge is -2.35. The van der Waals surface area contributed by atoms with E-state index in [9.17, 15) is 31.6 Å². The van der Waals surface area contributed by atoms with E-state index in [2.05, 4.69) is 0 Å². The summed E-state index contributed by atoms with van der Waals surface area (Å²) in [5, 5.41) is 10.2. The monoisotopic (exact) mass is 482 g/mol. The van der Waals surface area contributed by atoms with Gasteiger partial charge in [-0.3, -0.25) is 4.90 Å². The Morgan fingerprint density at radius 3 is 1.94 bits per heavy atom. The fourth-order valence-electron chi connectivity index (χ4n) is 4.95. The van der Waals surface area contributed by atoms with Crippen LogP contribution < -0.4 is 0 Å². The molecule has 0 spiro atoms. The number of halogens is 6. The highest BCUT2D eigenvalue weighted by atomic mass is 19.4. The Bertz CT molecular complexity index is 972. The molecule has 2 unspecified atom stereocenters. The Morgan fingerprint density at radius 2 is 1.50 bits per heavy atom. The van der Waals surface area contributed by atoms with Gasteiger partial charge in [-0.1, -0.05) is 43.3 Å². The van der Waals surface area contributed by atoms with Crippen LogP contribution in [-0.4, -0.2) is 18.0 Å². The summed E-state index contributed by atoms with van der Waals surface area (Å²) in [6.45, 7) is 2.53. The van der Waals surface area contributed by atoms with Crippen LogP contribution in [-0.2, 0) is 24.3 Å². The van der Waals surface area contributed by atoms with Gasteiger partial charge in [-0.25, -0.2) is 0 Å². The van der Waals surface area contributed by atoms with Crippen LogP contribution in [0.4, 0.5) is 26.3 Å². The van der Waals surface area contributed by atoms with Crippen molar-refractivity contribution < 1.29 is 26.3 Å². The molecule has 3 rings (SSSR count). The van der Waals surface area contributed by atoms with E-state index in [-0.39, 0.29) is 12.5 Å².